The van der Waals surface area contributed by atoms with Crippen LogP contribution < -0.4 is 10.1 Å². The fraction of sp³-hybridized carbons (Fsp3) is 0.333. The first-order valence-corrected chi connectivity index (χ1v) is 6.37. The van der Waals surface area contributed by atoms with E-state index >= 15 is 0 Å². The number of hydrogen-bond donors (Lipinski definition) is 1. The maximum atomic E-state index is 12.0. The van der Waals surface area contributed by atoms with Crippen molar-refractivity contribution in [2.24, 2.45) is 0 Å². The Balaban J connectivity index is 2.15. The maximum Gasteiger partial charge on any atom is 0.230 e. The van der Waals surface area contributed by atoms with Gasteiger partial charge in [-0.2, -0.15) is 0 Å². The summed E-state index contributed by atoms with van der Waals surface area (Å²) in [5.41, 5.74) is 3.03. The quantitative estimate of drug-likeness (QED) is 0.931. The van der Waals surface area contributed by atoms with Gasteiger partial charge in [0.25, 0.3) is 0 Å². The highest BCUT2D eigenvalue weighted by Gasteiger charge is 2.13. The summed E-state index contributed by atoms with van der Waals surface area (Å²) in [6, 6.07) is 5.64. The Morgan fingerprint density at radius 3 is 2.65 bits per heavy atom. The summed E-state index contributed by atoms with van der Waals surface area (Å²) in [4.78, 5) is 12.0. The Hall–Kier alpha value is -2.30. The molecule has 1 heterocycles. The zero-order valence-electron chi connectivity index (χ0n) is 12.1. The van der Waals surface area contributed by atoms with Gasteiger partial charge in [-0.15, -0.1) is 0 Å². The third-order valence-electron chi connectivity index (χ3n) is 3.03. The molecule has 2 rings (SSSR count). The van der Waals surface area contributed by atoms with Crippen molar-refractivity contribution in [2.75, 3.05) is 12.4 Å². The van der Waals surface area contributed by atoms with Crippen LogP contribution in [0, 0.1) is 20.8 Å². The van der Waals surface area contributed by atoms with Crippen LogP contribution in [0.4, 0.5) is 5.82 Å². The van der Waals surface area contributed by atoms with E-state index in [1.807, 2.05) is 26.0 Å². The third-order valence-corrected chi connectivity index (χ3v) is 3.03. The monoisotopic (exact) mass is 274 g/mol. The number of methoxy groups -OCH3 is 1. The topological polar surface area (TPSA) is 64.4 Å². The molecule has 1 aromatic carbocycles. The van der Waals surface area contributed by atoms with E-state index < -0.39 is 0 Å². The van der Waals surface area contributed by atoms with Crippen LogP contribution >= 0.6 is 0 Å². The molecule has 2 aromatic rings. The molecule has 0 saturated heterocycles. The summed E-state index contributed by atoms with van der Waals surface area (Å²) < 4.78 is 10.3. The second-order valence-electron chi connectivity index (χ2n) is 4.81. The van der Waals surface area contributed by atoms with Crippen molar-refractivity contribution >= 4 is 11.7 Å². The fourth-order valence-corrected chi connectivity index (χ4v) is 2.14. The Morgan fingerprint density at radius 1 is 1.30 bits per heavy atom. The van der Waals surface area contributed by atoms with Crippen LogP contribution in [0.3, 0.4) is 0 Å². The average molecular weight is 274 g/mol. The van der Waals surface area contributed by atoms with Crippen LogP contribution in [0.25, 0.3) is 0 Å². The van der Waals surface area contributed by atoms with Crippen LogP contribution in [-0.4, -0.2) is 18.2 Å². The summed E-state index contributed by atoms with van der Waals surface area (Å²) >= 11 is 0. The third kappa shape index (κ3) is 3.17. The van der Waals surface area contributed by atoms with E-state index in [9.17, 15) is 4.79 Å². The number of rotatable bonds is 4. The van der Waals surface area contributed by atoms with Gasteiger partial charge in [-0.25, -0.2) is 0 Å². The zero-order valence-corrected chi connectivity index (χ0v) is 12.1. The highest BCUT2D eigenvalue weighted by molar-refractivity contribution is 5.92. The minimum atomic E-state index is -0.149. The molecule has 1 amide bonds. The van der Waals surface area contributed by atoms with Crippen molar-refractivity contribution in [3.63, 3.8) is 0 Å². The molecule has 1 N–H and O–H groups in total. The summed E-state index contributed by atoms with van der Waals surface area (Å²) in [5.74, 6) is 1.66. The molecule has 5 nitrogen and oxygen atoms in total. The molecule has 0 saturated carbocycles. The van der Waals surface area contributed by atoms with E-state index in [0.717, 1.165) is 22.4 Å². The molecule has 0 unspecified atom stereocenters. The molecular formula is C15H18N2O3. The smallest absolute Gasteiger partial charge is 0.230 e. The molecule has 0 atom stereocenters. The highest BCUT2D eigenvalue weighted by Crippen LogP contribution is 2.25. The Labute approximate surface area is 117 Å². The molecule has 0 aliphatic heterocycles. The van der Waals surface area contributed by atoms with Gasteiger partial charge in [0.2, 0.25) is 5.91 Å². The molecule has 0 fully saturated rings. The molecule has 1 aromatic heterocycles. The van der Waals surface area contributed by atoms with Gasteiger partial charge >= 0.3 is 0 Å². The van der Waals surface area contributed by atoms with E-state index in [2.05, 4.69) is 10.5 Å². The first-order chi connectivity index (χ1) is 9.49. The molecule has 20 heavy (non-hydrogen) atoms. The summed E-state index contributed by atoms with van der Waals surface area (Å²) in [7, 11) is 1.61. The van der Waals surface area contributed by atoms with Crippen LogP contribution in [0.2, 0.25) is 0 Å². The van der Waals surface area contributed by atoms with Gasteiger partial charge in [0, 0.05) is 11.6 Å². The van der Waals surface area contributed by atoms with E-state index in [1.165, 1.54) is 0 Å². The van der Waals surface area contributed by atoms with Crippen molar-refractivity contribution in [2.45, 2.75) is 27.2 Å². The lowest BCUT2D eigenvalue weighted by molar-refractivity contribution is -0.115. The number of carbonyl (C=O) groups is 1. The summed E-state index contributed by atoms with van der Waals surface area (Å²) in [6.45, 7) is 5.74. The predicted molar refractivity (Wildman–Crippen MR) is 76.0 cm³/mol. The lowest BCUT2D eigenvalue weighted by atomic mass is 10.0. The number of ether oxygens (including phenoxy) is 1. The first kappa shape index (κ1) is 14.1. The van der Waals surface area contributed by atoms with E-state index in [0.29, 0.717) is 11.6 Å². The number of aromatic nitrogens is 1. The van der Waals surface area contributed by atoms with Gasteiger partial charge in [0.05, 0.1) is 13.5 Å². The predicted octanol–water partition coefficient (Wildman–Crippen LogP) is 2.79. The fourth-order valence-electron chi connectivity index (χ4n) is 2.14. The standard InChI is InChI=1S/C15H18N2O3/c1-9-5-10(2)12(13(6-9)19-4)8-15(18)16-14-7-11(3)20-17-14/h5-7H,8H2,1-4H3,(H,16,17,18). The lowest BCUT2D eigenvalue weighted by Gasteiger charge is -2.12. The van der Waals surface area contributed by atoms with Crippen molar-refractivity contribution < 1.29 is 14.1 Å². The minimum absolute atomic E-state index is 0.149. The molecular weight excluding hydrogens is 256 g/mol. The normalized spacial score (nSPS) is 10.4. The number of nitrogens with one attached hydrogen (secondary N) is 1. The van der Waals surface area contributed by atoms with Crippen molar-refractivity contribution in [1.29, 1.82) is 0 Å². The van der Waals surface area contributed by atoms with Crippen LogP contribution in [0.1, 0.15) is 22.5 Å². The number of carbonyl (C=O) groups excluding carboxylic acids is 1. The Kier molecular flexibility index (Phi) is 4.08. The van der Waals surface area contributed by atoms with Crippen molar-refractivity contribution in [3.05, 3.63) is 40.6 Å². The summed E-state index contributed by atoms with van der Waals surface area (Å²) in [6.07, 6.45) is 0.237. The molecule has 0 aliphatic carbocycles. The average Bonchev–Trinajstić information content (AvgIpc) is 2.77. The number of aryl methyl sites for hydroxylation is 3. The number of benzene rings is 1. The second-order valence-corrected chi connectivity index (χ2v) is 4.81. The molecule has 0 bridgehead atoms. The maximum absolute atomic E-state index is 12.0. The molecule has 5 heteroatoms. The molecule has 0 spiro atoms. The first-order valence-electron chi connectivity index (χ1n) is 6.37. The van der Waals surface area contributed by atoms with Crippen LogP contribution in [0.5, 0.6) is 5.75 Å². The van der Waals surface area contributed by atoms with Gasteiger partial charge in [0.15, 0.2) is 5.82 Å². The highest BCUT2D eigenvalue weighted by atomic mass is 16.5. The molecule has 0 aliphatic rings. The van der Waals surface area contributed by atoms with Gasteiger partial charge in [-0.05, 0) is 38.0 Å². The van der Waals surface area contributed by atoms with Gasteiger partial charge in [-0.3, -0.25) is 4.79 Å². The van der Waals surface area contributed by atoms with Crippen molar-refractivity contribution in [3.8, 4) is 5.75 Å². The van der Waals surface area contributed by atoms with E-state index in [1.54, 1.807) is 20.1 Å². The van der Waals surface area contributed by atoms with Gasteiger partial charge in [0.1, 0.15) is 11.5 Å². The Morgan fingerprint density at radius 2 is 2.05 bits per heavy atom. The van der Waals surface area contributed by atoms with Gasteiger partial charge in [-0.1, -0.05) is 11.2 Å². The lowest BCUT2D eigenvalue weighted by Crippen LogP contribution is -2.16. The van der Waals surface area contributed by atoms with Gasteiger partial charge < -0.3 is 14.6 Å². The number of anilines is 1. The number of amides is 1. The second kappa shape index (κ2) is 5.77. The number of hydrogen-bond acceptors (Lipinski definition) is 4. The summed E-state index contributed by atoms with van der Waals surface area (Å²) in [5, 5.41) is 6.44. The molecule has 106 valence electrons. The SMILES string of the molecule is COc1cc(C)cc(C)c1CC(=O)Nc1cc(C)on1. The largest absolute Gasteiger partial charge is 0.496 e. The van der Waals surface area contributed by atoms with Crippen LogP contribution in [-0.2, 0) is 11.2 Å². The zero-order chi connectivity index (χ0) is 14.7. The molecule has 0 radical (unpaired) electrons. The van der Waals surface area contributed by atoms with Crippen molar-refractivity contribution in [1.82, 2.24) is 5.16 Å². The minimum Gasteiger partial charge on any atom is -0.496 e. The van der Waals surface area contributed by atoms with E-state index in [-0.39, 0.29) is 12.3 Å². The van der Waals surface area contributed by atoms with E-state index in [4.69, 9.17) is 9.26 Å². The Bertz CT molecular complexity index is 632. The number of nitrogens with zero attached hydrogens (tertiary/aromatic N) is 1. The van der Waals surface area contributed by atoms with Crippen LogP contribution in [0.15, 0.2) is 22.7 Å².